The van der Waals surface area contributed by atoms with Crippen molar-refractivity contribution in [3.05, 3.63) is 94.5 Å². The van der Waals surface area contributed by atoms with Crippen LogP contribution in [0.25, 0.3) is 10.9 Å². The number of para-hydroxylation sites is 1. The molecule has 0 saturated carbocycles. The minimum absolute atomic E-state index is 0.0199. The standard InChI is InChI=1S/C27H24FN3O2/c1-27(2)11-22(32)25-23(12-27)33-26(30)19(13-29)24(25)20-15-31(21-9-4-3-8-18(20)21)14-16-6-5-7-17(28)10-16/h3-10,15,24H,11-12,14,30H2,1-2H3/t24-/m1/s1. The molecule has 1 atom stereocenters. The van der Waals surface area contributed by atoms with Crippen molar-refractivity contribution in [1.82, 2.24) is 4.57 Å². The van der Waals surface area contributed by atoms with E-state index in [4.69, 9.17) is 10.5 Å². The zero-order valence-electron chi connectivity index (χ0n) is 18.6. The van der Waals surface area contributed by atoms with E-state index in [-0.39, 0.29) is 28.5 Å². The van der Waals surface area contributed by atoms with Crippen molar-refractivity contribution >= 4 is 16.7 Å². The number of nitrogens with zero attached hydrogens (tertiary/aromatic N) is 2. The number of hydrogen-bond donors (Lipinski definition) is 1. The molecule has 1 aliphatic heterocycles. The maximum Gasteiger partial charge on any atom is 0.205 e. The molecule has 0 saturated heterocycles. The summed E-state index contributed by atoms with van der Waals surface area (Å²) >= 11 is 0. The van der Waals surface area contributed by atoms with Crippen LogP contribution in [0.2, 0.25) is 0 Å². The average Bonchev–Trinajstić information content (AvgIpc) is 3.10. The number of allylic oxidation sites excluding steroid dienone is 3. The van der Waals surface area contributed by atoms with Gasteiger partial charge in [-0.15, -0.1) is 0 Å². The number of ketones is 1. The molecule has 0 bridgehead atoms. The number of halogens is 1. The molecule has 166 valence electrons. The monoisotopic (exact) mass is 441 g/mol. The summed E-state index contributed by atoms with van der Waals surface area (Å²) in [5.74, 6) is -0.302. The molecule has 3 aromatic rings. The van der Waals surface area contributed by atoms with Gasteiger partial charge < -0.3 is 15.0 Å². The Hall–Kier alpha value is -3.85. The minimum Gasteiger partial charge on any atom is -0.444 e. The Kier molecular flexibility index (Phi) is 4.86. The second-order valence-corrected chi connectivity index (χ2v) is 9.56. The largest absolute Gasteiger partial charge is 0.444 e. The van der Waals surface area contributed by atoms with E-state index in [0.29, 0.717) is 30.7 Å². The first kappa shape index (κ1) is 21.0. The zero-order chi connectivity index (χ0) is 23.3. The summed E-state index contributed by atoms with van der Waals surface area (Å²) < 4.78 is 21.6. The van der Waals surface area contributed by atoms with Crippen LogP contribution < -0.4 is 5.73 Å². The lowest BCUT2D eigenvalue weighted by Crippen LogP contribution is -2.33. The fraction of sp³-hybridized carbons (Fsp3) is 0.259. The van der Waals surface area contributed by atoms with Gasteiger partial charge in [-0.1, -0.05) is 44.2 Å². The normalized spacial score (nSPS) is 19.9. The first-order valence-corrected chi connectivity index (χ1v) is 10.9. The predicted octanol–water partition coefficient (Wildman–Crippen LogP) is 5.28. The maximum atomic E-state index is 13.8. The zero-order valence-corrected chi connectivity index (χ0v) is 18.6. The van der Waals surface area contributed by atoms with Gasteiger partial charge in [-0.2, -0.15) is 5.26 Å². The van der Waals surface area contributed by atoms with Gasteiger partial charge in [0.05, 0.1) is 5.92 Å². The van der Waals surface area contributed by atoms with Gasteiger partial charge in [-0.3, -0.25) is 4.79 Å². The topological polar surface area (TPSA) is 81.0 Å². The van der Waals surface area contributed by atoms with Crippen molar-refractivity contribution in [2.45, 2.75) is 39.2 Å². The Balaban J connectivity index is 1.70. The van der Waals surface area contributed by atoms with Gasteiger partial charge >= 0.3 is 0 Å². The molecule has 0 radical (unpaired) electrons. The number of hydrogen-bond acceptors (Lipinski definition) is 4. The average molecular weight is 442 g/mol. The number of ether oxygens (including phenoxy) is 1. The number of benzene rings is 2. The van der Waals surface area contributed by atoms with E-state index in [1.54, 1.807) is 6.07 Å². The molecule has 2 aromatic carbocycles. The van der Waals surface area contributed by atoms with Gasteiger partial charge in [0, 0.05) is 42.1 Å². The molecule has 1 aliphatic carbocycles. The second-order valence-electron chi connectivity index (χ2n) is 9.56. The highest BCUT2D eigenvalue weighted by molar-refractivity contribution is 6.01. The summed E-state index contributed by atoms with van der Waals surface area (Å²) in [7, 11) is 0. The summed E-state index contributed by atoms with van der Waals surface area (Å²) in [5, 5.41) is 10.9. The van der Waals surface area contributed by atoms with Crippen molar-refractivity contribution in [3.63, 3.8) is 0 Å². The highest BCUT2D eigenvalue weighted by Crippen LogP contribution is 2.49. The maximum absolute atomic E-state index is 13.8. The molecule has 5 nitrogen and oxygen atoms in total. The summed E-state index contributed by atoms with van der Waals surface area (Å²) in [6, 6.07) is 16.5. The molecule has 5 rings (SSSR count). The highest BCUT2D eigenvalue weighted by atomic mass is 19.1. The van der Waals surface area contributed by atoms with Crippen molar-refractivity contribution in [2.75, 3.05) is 0 Å². The smallest absolute Gasteiger partial charge is 0.205 e. The van der Waals surface area contributed by atoms with Crippen LogP contribution in [-0.2, 0) is 16.1 Å². The van der Waals surface area contributed by atoms with Crippen molar-refractivity contribution in [2.24, 2.45) is 11.1 Å². The molecule has 0 unspecified atom stereocenters. The van der Waals surface area contributed by atoms with Gasteiger partial charge in [0.2, 0.25) is 5.88 Å². The fourth-order valence-corrected chi connectivity index (χ4v) is 5.06. The van der Waals surface area contributed by atoms with Crippen LogP contribution in [0.3, 0.4) is 0 Å². The van der Waals surface area contributed by atoms with Gasteiger partial charge in [0.15, 0.2) is 5.78 Å². The Labute approximate surface area is 191 Å². The third-order valence-electron chi connectivity index (χ3n) is 6.45. The van der Waals surface area contributed by atoms with E-state index in [2.05, 4.69) is 6.07 Å². The molecule has 2 N–H and O–H groups in total. The summed E-state index contributed by atoms with van der Waals surface area (Å²) in [5.41, 5.74) is 9.30. The van der Waals surface area contributed by atoms with Crippen molar-refractivity contribution in [1.29, 1.82) is 5.26 Å². The minimum atomic E-state index is -0.596. The van der Waals surface area contributed by atoms with E-state index in [1.807, 2.05) is 54.9 Å². The molecule has 0 spiro atoms. The third kappa shape index (κ3) is 3.60. The number of fused-ring (bicyclic) bond motifs is 1. The van der Waals surface area contributed by atoms with Crippen LogP contribution in [0.1, 0.15) is 43.7 Å². The number of carbonyl (C=O) groups is 1. The van der Waals surface area contributed by atoms with Crippen LogP contribution in [0.4, 0.5) is 4.39 Å². The Morgan fingerprint density at radius 2 is 2.00 bits per heavy atom. The Bertz CT molecular complexity index is 1400. The Morgan fingerprint density at radius 1 is 1.21 bits per heavy atom. The number of Topliss-reactive ketones (excluding diaryl/α,β-unsaturated/α-hetero) is 1. The lowest BCUT2D eigenvalue weighted by Gasteiger charge is -2.37. The third-order valence-corrected chi connectivity index (χ3v) is 6.45. The number of carbonyl (C=O) groups excluding carboxylic acids is 1. The number of rotatable bonds is 3. The molecule has 6 heteroatoms. The van der Waals surface area contributed by atoms with E-state index in [1.165, 1.54) is 12.1 Å². The molecular formula is C27H24FN3O2. The van der Waals surface area contributed by atoms with Crippen LogP contribution in [0.5, 0.6) is 0 Å². The number of nitrogens with two attached hydrogens (primary N) is 1. The quantitative estimate of drug-likeness (QED) is 0.600. The summed E-state index contributed by atoms with van der Waals surface area (Å²) in [4.78, 5) is 13.3. The number of nitriles is 1. The first-order chi connectivity index (χ1) is 15.8. The second kappa shape index (κ2) is 7.63. The molecule has 1 aromatic heterocycles. The highest BCUT2D eigenvalue weighted by Gasteiger charge is 2.43. The van der Waals surface area contributed by atoms with Crippen molar-refractivity contribution < 1.29 is 13.9 Å². The van der Waals surface area contributed by atoms with Crippen LogP contribution in [0, 0.1) is 22.6 Å². The fourth-order valence-electron chi connectivity index (χ4n) is 5.06. The lowest BCUT2D eigenvalue weighted by molar-refractivity contribution is -0.119. The SMILES string of the molecule is CC1(C)CC(=O)C2=C(C1)OC(N)=C(C#N)[C@@H]2c1cn(Cc2cccc(F)c2)c2ccccc12. The predicted molar refractivity (Wildman–Crippen MR) is 123 cm³/mol. The van der Waals surface area contributed by atoms with Crippen LogP contribution in [0.15, 0.2) is 77.5 Å². The molecule has 33 heavy (non-hydrogen) atoms. The summed E-state index contributed by atoms with van der Waals surface area (Å²) in [6.45, 7) is 4.50. The van der Waals surface area contributed by atoms with Gasteiger partial charge in [-0.25, -0.2) is 4.39 Å². The van der Waals surface area contributed by atoms with Gasteiger partial charge in [-0.05, 0) is 34.7 Å². The van der Waals surface area contributed by atoms with E-state index in [0.717, 1.165) is 22.0 Å². The van der Waals surface area contributed by atoms with Crippen LogP contribution >= 0.6 is 0 Å². The molecule has 0 amide bonds. The molecule has 0 fully saturated rings. The molecular weight excluding hydrogens is 417 g/mol. The lowest BCUT2D eigenvalue weighted by atomic mass is 9.70. The van der Waals surface area contributed by atoms with E-state index < -0.39 is 5.92 Å². The van der Waals surface area contributed by atoms with Gasteiger partial charge in [0.25, 0.3) is 0 Å². The molecule has 2 heterocycles. The summed E-state index contributed by atoms with van der Waals surface area (Å²) in [6.07, 6.45) is 2.91. The molecule has 2 aliphatic rings. The van der Waals surface area contributed by atoms with Gasteiger partial charge in [0.1, 0.15) is 23.2 Å². The van der Waals surface area contributed by atoms with Crippen LogP contribution in [-0.4, -0.2) is 10.4 Å². The number of aromatic nitrogens is 1. The van der Waals surface area contributed by atoms with Crippen molar-refractivity contribution in [3.8, 4) is 6.07 Å². The first-order valence-electron chi connectivity index (χ1n) is 10.9. The van der Waals surface area contributed by atoms with E-state index >= 15 is 0 Å². The van der Waals surface area contributed by atoms with E-state index in [9.17, 15) is 14.4 Å². The Morgan fingerprint density at radius 3 is 2.76 bits per heavy atom.